The molecule has 0 bridgehead atoms. The van der Waals surface area contributed by atoms with E-state index in [0.29, 0.717) is 23.8 Å². The fourth-order valence-corrected chi connectivity index (χ4v) is 5.17. The molecule has 0 amide bonds. The van der Waals surface area contributed by atoms with Gasteiger partial charge in [0, 0.05) is 12.6 Å². The van der Waals surface area contributed by atoms with Gasteiger partial charge in [-0.2, -0.15) is 4.31 Å². The fourth-order valence-electron chi connectivity index (χ4n) is 3.32. The van der Waals surface area contributed by atoms with Crippen LogP contribution >= 0.6 is 0 Å². The van der Waals surface area contributed by atoms with E-state index in [1.54, 1.807) is 4.31 Å². The summed E-state index contributed by atoms with van der Waals surface area (Å²) in [6, 6.07) is 3.74. The molecule has 23 heavy (non-hydrogen) atoms. The Morgan fingerprint density at radius 3 is 2.57 bits per heavy atom. The van der Waals surface area contributed by atoms with Crippen LogP contribution in [-0.2, 0) is 10.0 Å². The molecule has 1 heterocycles. The Morgan fingerprint density at radius 1 is 1.30 bits per heavy atom. The van der Waals surface area contributed by atoms with Crippen LogP contribution in [0.3, 0.4) is 0 Å². The first-order chi connectivity index (χ1) is 10.8. The number of rotatable bonds is 5. The van der Waals surface area contributed by atoms with Crippen LogP contribution in [0.1, 0.15) is 64.0 Å². The molecule has 0 radical (unpaired) electrons. The lowest BCUT2D eigenvalue weighted by Gasteiger charge is -2.33. The molecular weight excluding hydrogens is 310 g/mol. The third kappa shape index (κ3) is 3.72. The molecule has 0 spiro atoms. The van der Waals surface area contributed by atoms with Gasteiger partial charge < -0.3 is 4.74 Å². The van der Waals surface area contributed by atoms with Crippen molar-refractivity contribution in [3.05, 3.63) is 23.3 Å². The Kier molecular flexibility index (Phi) is 5.74. The third-order valence-electron chi connectivity index (χ3n) is 4.58. The zero-order valence-electron chi connectivity index (χ0n) is 14.9. The summed E-state index contributed by atoms with van der Waals surface area (Å²) in [7, 11) is -3.53. The maximum Gasteiger partial charge on any atom is 0.247 e. The highest BCUT2D eigenvalue weighted by molar-refractivity contribution is 7.89. The molecule has 0 aliphatic carbocycles. The Labute approximate surface area is 140 Å². The fraction of sp³-hybridized carbons (Fsp3) is 0.667. The molecule has 1 saturated heterocycles. The standard InChI is InChI=1S/C18H29NO3S/c1-6-22-17-11-14(4)16(13(2)3)12-18(17)23(20,21)19-10-8-7-9-15(19)5/h11-13,15H,6-10H2,1-5H3/t15-/m1/s1. The molecule has 1 aliphatic heterocycles. The van der Waals surface area contributed by atoms with Crippen molar-refractivity contribution in [3.8, 4) is 5.75 Å². The lowest BCUT2D eigenvalue weighted by Crippen LogP contribution is -2.42. The maximum absolute atomic E-state index is 13.2. The van der Waals surface area contributed by atoms with Gasteiger partial charge >= 0.3 is 0 Å². The molecule has 1 aromatic rings. The van der Waals surface area contributed by atoms with E-state index in [-0.39, 0.29) is 12.0 Å². The zero-order chi connectivity index (χ0) is 17.2. The third-order valence-corrected chi connectivity index (χ3v) is 6.62. The van der Waals surface area contributed by atoms with E-state index >= 15 is 0 Å². The van der Waals surface area contributed by atoms with Crippen molar-refractivity contribution in [2.24, 2.45) is 0 Å². The minimum atomic E-state index is -3.53. The summed E-state index contributed by atoms with van der Waals surface area (Å²) < 4.78 is 33.8. The van der Waals surface area contributed by atoms with Crippen LogP contribution in [0.25, 0.3) is 0 Å². The predicted molar refractivity (Wildman–Crippen MR) is 93.6 cm³/mol. The van der Waals surface area contributed by atoms with Crippen molar-refractivity contribution in [2.75, 3.05) is 13.2 Å². The Hall–Kier alpha value is -1.07. The molecule has 1 atom stereocenters. The topological polar surface area (TPSA) is 46.6 Å². The highest BCUT2D eigenvalue weighted by Crippen LogP contribution is 2.35. The molecule has 2 rings (SSSR count). The highest BCUT2D eigenvalue weighted by Gasteiger charge is 2.33. The van der Waals surface area contributed by atoms with Crippen molar-refractivity contribution in [2.45, 2.75) is 70.7 Å². The predicted octanol–water partition coefficient (Wildman–Crippen LogP) is 4.08. The summed E-state index contributed by atoms with van der Waals surface area (Å²) in [6.45, 7) is 11.1. The normalized spacial score (nSPS) is 20.0. The van der Waals surface area contributed by atoms with E-state index in [9.17, 15) is 8.42 Å². The first kappa shape index (κ1) is 18.3. The van der Waals surface area contributed by atoms with Crippen LogP contribution in [0.2, 0.25) is 0 Å². The summed E-state index contributed by atoms with van der Waals surface area (Å²) in [4.78, 5) is 0.322. The van der Waals surface area contributed by atoms with E-state index in [1.165, 1.54) is 0 Å². The largest absolute Gasteiger partial charge is 0.492 e. The van der Waals surface area contributed by atoms with Gasteiger partial charge in [-0.3, -0.25) is 0 Å². The van der Waals surface area contributed by atoms with Gasteiger partial charge in [-0.1, -0.05) is 20.3 Å². The van der Waals surface area contributed by atoms with Crippen LogP contribution in [0.5, 0.6) is 5.75 Å². The summed E-state index contributed by atoms with van der Waals surface area (Å²) >= 11 is 0. The van der Waals surface area contributed by atoms with Gasteiger partial charge in [-0.05, 0) is 62.8 Å². The van der Waals surface area contributed by atoms with Gasteiger partial charge in [0.1, 0.15) is 10.6 Å². The molecule has 0 aromatic heterocycles. The van der Waals surface area contributed by atoms with Gasteiger partial charge in [0.05, 0.1) is 6.61 Å². The molecule has 4 nitrogen and oxygen atoms in total. The number of aryl methyl sites for hydroxylation is 1. The van der Waals surface area contributed by atoms with E-state index in [2.05, 4.69) is 13.8 Å². The molecule has 1 aliphatic rings. The number of hydrogen-bond acceptors (Lipinski definition) is 3. The Morgan fingerprint density at radius 2 is 2.00 bits per heavy atom. The summed E-state index contributed by atoms with van der Waals surface area (Å²) in [5.74, 6) is 0.755. The molecule has 1 fully saturated rings. The van der Waals surface area contributed by atoms with Crippen molar-refractivity contribution < 1.29 is 13.2 Å². The molecular formula is C18H29NO3S. The Balaban J connectivity index is 2.56. The van der Waals surface area contributed by atoms with Gasteiger partial charge in [-0.15, -0.1) is 0 Å². The minimum Gasteiger partial charge on any atom is -0.492 e. The zero-order valence-corrected chi connectivity index (χ0v) is 15.7. The van der Waals surface area contributed by atoms with Crippen LogP contribution in [0.4, 0.5) is 0 Å². The van der Waals surface area contributed by atoms with E-state index in [1.807, 2.05) is 32.9 Å². The first-order valence-electron chi connectivity index (χ1n) is 8.58. The van der Waals surface area contributed by atoms with Crippen LogP contribution in [0.15, 0.2) is 17.0 Å². The molecule has 0 N–H and O–H groups in total. The monoisotopic (exact) mass is 339 g/mol. The van der Waals surface area contributed by atoms with Gasteiger partial charge in [0.2, 0.25) is 10.0 Å². The average Bonchev–Trinajstić information content (AvgIpc) is 2.47. The number of ether oxygens (including phenoxy) is 1. The second-order valence-corrected chi connectivity index (χ2v) is 8.56. The van der Waals surface area contributed by atoms with E-state index < -0.39 is 10.0 Å². The van der Waals surface area contributed by atoms with E-state index in [4.69, 9.17) is 4.74 Å². The molecule has 5 heteroatoms. The minimum absolute atomic E-state index is 0.0482. The quantitative estimate of drug-likeness (QED) is 0.812. The lowest BCUT2D eigenvalue weighted by atomic mass is 9.98. The van der Waals surface area contributed by atoms with Gasteiger partial charge in [0.15, 0.2) is 0 Å². The smallest absolute Gasteiger partial charge is 0.247 e. The number of hydrogen-bond donors (Lipinski definition) is 0. The van der Waals surface area contributed by atoms with Crippen molar-refractivity contribution in [1.82, 2.24) is 4.31 Å². The molecule has 1 aromatic carbocycles. The SMILES string of the molecule is CCOc1cc(C)c(C(C)C)cc1S(=O)(=O)N1CCCC[C@H]1C. The van der Waals surface area contributed by atoms with Gasteiger partial charge in [-0.25, -0.2) is 8.42 Å². The van der Waals surface area contributed by atoms with Crippen molar-refractivity contribution >= 4 is 10.0 Å². The van der Waals surface area contributed by atoms with Gasteiger partial charge in [0.25, 0.3) is 0 Å². The molecule has 130 valence electrons. The average molecular weight is 340 g/mol. The summed E-state index contributed by atoms with van der Waals surface area (Å²) in [5.41, 5.74) is 2.14. The van der Waals surface area contributed by atoms with Crippen LogP contribution in [0, 0.1) is 6.92 Å². The van der Waals surface area contributed by atoms with Crippen LogP contribution < -0.4 is 4.74 Å². The lowest BCUT2D eigenvalue weighted by molar-refractivity contribution is 0.266. The van der Waals surface area contributed by atoms with E-state index in [0.717, 1.165) is 30.4 Å². The maximum atomic E-state index is 13.2. The number of sulfonamides is 1. The second kappa shape index (κ2) is 7.22. The summed E-state index contributed by atoms with van der Waals surface area (Å²) in [5, 5.41) is 0. The number of piperidine rings is 1. The van der Waals surface area contributed by atoms with Crippen molar-refractivity contribution in [1.29, 1.82) is 0 Å². The number of benzene rings is 1. The van der Waals surface area contributed by atoms with Crippen LogP contribution in [-0.4, -0.2) is 31.9 Å². The first-order valence-corrected chi connectivity index (χ1v) is 10.0. The highest BCUT2D eigenvalue weighted by atomic mass is 32.2. The molecule has 0 unspecified atom stereocenters. The number of nitrogens with zero attached hydrogens (tertiary/aromatic N) is 1. The van der Waals surface area contributed by atoms with Crippen molar-refractivity contribution in [3.63, 3.8) is 0 Å². The Bertz CT molecular complexity index is 652. The second-order valence-electron chi connectivity index (χ2n) is 6.70. The molecule has 0 saturated carbocycles. The summed E-state index contributed by atoms with van der Waals surface area (Å²) in [6.07, 6.45) is 2.94.